The Labute approximate surface area is 242 Å². The monoisotopic (exact) mass is 557 g/mol. The Bertz CT molecular complexity index is 1890. The van der Waals surface area contributed by atoms with Crippen molar-refractivity contribution in [3.8, 4) is 22.5 Å². The second-order valence-electron chi connectivity index (χ2n) is 10.4. The van der Waals surface area contributed by atoms with E-state index in [1.807, 2.05) is 65.2 Å². The predicted molar refractivity (Wildman–Crippen MR) is 162 cm³/mol. The van der Waals surface area contributed by atoms with Gasteiger partial charge in [0.2, 0.25) is 5.82 Å². The van der Waals surface area contributed by atoms with Crippen LogP contribution in [0.5, 0.6) is 0 Å². The third kappa shape index (κ3) is 5.16. The molecule has 0 spiro atoms. The van der Waals surface area contributed by atoms with Crippen molar-refractivity contribution in [2.24, 2.45) is 0 Å². The molecule has 6 aromatic rings. The van der Waals surface area contributed by atoms with Crippen LogP contribution in [0.25, 0.3) is 33.5 Å². The molecule has 1 atom stereocenters. The zero-order chi connectivity index (χ0) is 29.1. The molecule has 0 saturated carbocycles. The first-order valence-electron chi connectivity index (χ1n) is 14.1. The quantitative estimate of drug-likeness (QED) is 0.234. The summed E-state index contributed by atoms with van der Waals surface area (Å²) in [5.41, 5.74) is 5.66. The van der Waals surface area contributed by atoms with Crippen molar-refractivity contribution in [2.75, 3.05) is 0 Å². The van der Waals surface area contributed by atoms with E-state index in [0.717, 1.165) is 52.9 Å². The summed E-state index contributed by atoms with van der Waals surface area (Å²) in [6.45, 7) is 4.15. The van der Waals surface area contributed by atoms with Gasteiger partial charge in [0, 0.05) is 24.7 Å². The number of fused-ring (bicyclic) bond motifs is 1. The summed E-state index contributed by atoms with van der Waals surface area (Å²) in [7, 11) is 0. The van der Waals surface area contributed by atoms with Crippen LogP contribution in [0.15, 0.2) is 95.9 Å². The Morgan fingerprint density at radius 2 is 1.67 bits per heavy atom. The third-order valence-electron chi connectivity index (χ3n) is 7.56. The minimum Gasteiger partial charge on any atom is -0.319 e. The minimum absolute atomic E-state index is 0.100. The maximum atomic E-state index is 14.1. The molecule has 0 aliphatic carbocycles. The van der Waals surface area contributed by atoms with Crippen molar-refractivity contribution in [2.45, 2.75) is 45.7 Å². The first kappa shape index (κ1) is 27.0. The van der Waals surface area contributed by atoms with E-state index in [-0.39, 0.29) is 11.3 Å². The van der Waals surface area contributed by atoms with E-state index >= 15 is 0 Å². The number of rotatable bonds is 10. The van der Waals surface area contributed by atoms with E-state index in [9.17, 15) is 9.59 Å². The number of aryl methyl sites for hydroxylation is 1. The van der Waals surface area contributed by atoms with Gasteiger partial charge in [-0.2, -0.15) is 5.21 Å². The Morgan fingerprint density at radius 3 is 2.36 bits per heavy atom. The maximum absolute atomic E-state index is 14.1. The van der Waals surface area contributed by atoms with Gasteiger partial charge in [-0.25, -0.2) is 4.98 Å². The zero-order valence-corrected chi connectivity index (χ0v) is 23.6. The van der Waals surface area contributed by atoms with E-state index < -0.39 is 6.04 Å². The van der Waals surface area contributed by atoms with Gasteiger partial charge in [0.15, 0.2) is 5.78 Å². The lowest BCUT2D eigenvalue weighted by molar-refractivity contribution is -0.119. The average molecular weight is 558 g/mol. The smallest absolute Gasteiger partial charge is 0.277 e. The van der Waals surface area contributed by atoms with Gasteiger partial charge in [0.25, 0.3) is 5.56 Å². The Morgan fingerprint density at radius 1 is 0.929 bits per heavy atom. The van der Waals surface area contributed by atoms with Crippen LogP contribution in [-0.2, 0) is 17.8 Å². The van der Waals surface area contributed by atoms with Crippen LogP contribution in [0.3, 0.4) is 0 Å². The highest BCUT2D eigenvalue weighted by atomic mass is 16.1. The Hall–Kier alpha value is -5.18. The van der Waals surface area contributed by atoms with Gasteiger partial charge in [-0.1, -0.05) is 92.2 Å². The number of carbonyl (C=O) groups excluding carboxylic acids is 1. The molecule has 0 saturated heterocycles. The van der Waals surface area contributed by atoms with E-state index in [4.69, 9.17) is 4.98 Å². The average Bonchev–Trinajstić information content (AvgIpc) is 3.67. The topological polar surface area (TPSA) is 111 Å². The van der Waals surface area contributed by atoms with E-state index in [1.54, 1.807) is 10.8 Å². The highest BCUT2D eigenvalue weighted by Crippen LogP contribution is 2.30. The number of ketones is 1. The van der Waals surface area contributed by atoms with Gasteiger partial charge >= 0.3 is 0 Å². The molecule has 0 aliphatic heterocycles. The molecule has 0 radical (unpaired) electrons. The largest absolute Gasteiger partial charge is 0.319 e. The van der Waals surface area contributed by atoms with Crippen LogP contribution < -0.4 is 5.56 Å². The van der Waals surface area contributed by atoms with Crippen molar-refractivity contribution in [1.82, 2.24) is 34.7 Å². The second kappa shape index (κ2) is 11.7. The lowest BCUT2D eigenvalue weighted by atomic mass is 9.98. The highest BCUT2D eigenvalue weighted by Gasteiger charge is 2.23. The normalized spacial score (nSPS) is 12.0. The van der Waals surface area contributed by atoms with Gasteiger partial charge in [0.05, 0.1) is 5.52 Å². The molecule has 1 unspecified atom stereocenters. The van der Waals surface area contributed by atoms with E-state index in [2.05, 4.69) is 51.8 Å². The maximum Gasteiger partial charge on any atom is 0.277 e. The first-order chi connectivity index (χ1) is 20.5. The summed E-state index contributed by atoms with van der Waals surface area (Å²) >= 11 is 0. The fourth-order valence-electron chi connectivity index (χ4n) is 5.51. The number of Topliss-reactive ketones (excluding diaryl/α,β-unsaturated/α-hetero) is 1. The lowest BCUT2D eigenvalue weighted by Crippen LogP contribution is -2.30. The zero-order valence-electron chi connectivity index (χ0n) is 23.6. The summed E-state index contributed by atoms with van der Waals surface area (Å²) in [6.07, 6.45) is 4.43. The molecular formula is C33H31N7O2. The molecule has 6 rings (SSSR count). The van der Waals surface area contributed by atoms with Gasteiger partial charge in [-0.15, -0.1) is 10.2 Å². The molecule has 9 heteroatoms. The summed E-state index contributed by atoms with van der Waals surface area (Å²) in [6, 6.07) is 26.8. The SMILES string of the molecule is CCCCc1nc2ccn(C(C(C)=O)c3ccccc3)c(=O)c2n1Cc1ccc(-c2ccccc2-c2nn[nH]n2)cc1. The van der Waals surface area contributed by atoms with Crippen LogP contribution in [0.1, 0.15) is 49.7 Å². The number of nitrogens with zero attached hydrogens (tertiary/aromatic N) is 6. The van der Waals surface area contributed by atoms with Crippen molar-refractivity contribution in [3.63, 3.8) is 0 Å². The molecule has 3 heterocycles. The number of imidazole rings is 1. The van der Waals surface area contributed by atoms with Gasteiger partial charge in [-0.3, -0.25) is 14.2 Å². The summed E-state index contributed by atoms with van der Waals surface area (Å²) in [5.74, 6) is 1.31. The van der Waals surface area contributed by atoms with Gasteiger partial charge < -0.3 is 4.57 Å². The molecule has 0 amide bonds. The number of aromatic nitrogens is 7. The summed E-state index contributed by atoms with van der Waals surface area (Å²) in [5, 5.41) is 14.5. The molecule has 3 aromatic heterocycles. The molecule has 3 aromatic carbocycles. The fraction of sp³-hybridized carbons (Fsp3) is 0.212. The Kier molecular flexibility index (Phi) is 7.55. The van der Waals surface area contributed by atoms with Crippen LogP contribution in [-0.4, -0.2) is 40.5 Å². The Balaban J connectivity index is 1.40. The number of nitrogens with one attached hydrogen (secondary N) is 1. The van der Waals surface area contributed by atoms with Crippen LogP contribution >= 0.6 is 0 Å². The molecule has 9 nitrogen and oxygen atoms in total. The number of hydrogen-bond acceptors (Lipinski definition) is 6. The number of carbonyl (C=O) groups is 1. The third-order valence-corrected chi connectivity index (χ3v) is 7.56. The van der Waals surface area contributed by atoms with E-state index in [0.29, 0.717) is 23.4 Å². The molecule has 0 fully saturated rings. The first-order valence-corrected chi connectivity index (χ1v) is 14.1. The second-order valence-corrected chi connectivity index (χ2v) is 10.4. The molecule has 1 N–H and O–H groups in total. The van der Waals surface area contributed by atoms with Crippen LogP contribution in [0.4, 0.5) is 0 Å². The van der Waals surface area contributed by atoms with Crippen LogP contribution in [0, 0.1) is 0 Å². The van der Waals surface area contributed by atoms with Crippen LogP contribution in [0.2, 0.25) is 0 Å². The van der Waals surface area contributed by atoms with Gasteiger partial charge in [0.1, 0.15) is 17.4 Å². The summed E-state index contributed by atoms with van der Waals surface area (Å²) < 4.78 is 3.56. The lowest BCUT2D eigenvalue weighted by Gasteiger charge is -2.18. The molecular weight excluding hydrogens is 526 g/mol. The minimum atomic E-state index is -0.705. The molecule has 42 heavy (non-hydrogen) atoms. The fourth-order valence-corrected chi connectivity index (χ4v) is 5.51. The number of aromatic amines is 1. The molecule has 0 aliphatic rings. The number of hydrogen-bond donors (Lipinski definition) is 1. The highest BCUT2D eigenvalue weighted by molar-refractivity contribution is 5.84. The number of unbranched alkanes of at least 4 members (excludes halogenated alkanes) is 1. The van der Waals surface area contributed by atoms with Gasteiger partial charge in [-0.05, 0) is 46.9 Å². The van der Waals surface area contributed by atoms with Crippen molar-refractivity contribution < 1.29 is 4.79 Å². The molecule has 0 bridgehead atoms. The predicted octanol–water partition coefficient (Wildman–Crippen LogP) is 5.61. The van der Waals surface area contributed by atoms with Crippen molar-refractivity contribution in [1.29, 1.82) is 0 Å². The number of benzene rings is 3. The van der Waals surface area contributed by atoms with E-state index in [1.165, 1.54) is 6.92 Å². The van der Waals surface area contributed by atoms with Crippen molar-refractivity contribution >= 4 is 16.8 Å². The number of pyridine rings is 1. The number of H-pyrrole nitrogens is 1. The summed E-state index contributed by atoms with van der Waals surface area (Å²) in [4.78, 5) is 31.7. The molecule has 210 valence electrons. The standard InChI is InChI=1S/C33H31N7O2/c1-3-4-14-29-34-28-19-20-39(30(22(2)41)25-10-6-5-7-11-25)33(42)31(28)40(29)21-23-15-17-24(18-16-23)26-12-8-9-13-27(26)32-35-37-38-36-32/h5-13,15-20,30H,3-4,14,21H2,1-2H3,(H,35,36,37,38). The number of tetrazole rings is 1. The van der Waals surface area contributed by atoms with Crippen molar-refractivity contribution in [3.05, 3.63) is 118 Å².